The molecule has 7 heteroatoms. The Morgan fingerprint density at radius 3 is 1.84 bits per heavy atom. The van der Waals surface area contributed by atoms with Crippen LogP contribution in [0.1, 0.15) is 16.8 Å². The van der Waals surface area contributed by atoms with E-state index in [1.165, 1.54) is 0 Å². The Kier molecular flexibility index (Phi) is 7.07. The molecule has 1 aromatic heterocycles. The maximum atomic E-state index is 12.8. The molecule has 0 spiro atoms. The summed E-state index contributed by atoms with van der Waals surface area (Å²) >= 11 is 0. The third kappa shape index (κ3) is 5.12. The van der Waals surface area contributed by atoms with E-state index in [-0.39, 0.29) is 5.56 Å². The van der Waals surface area contributed by atoms with Crippen LogP contribution in [0.25, 0.3) is 0 Å². The first-order chi connectivity index (χ1) is 15.0. The smallest absolute Gasteiger partial charge is 0.253 e. The maximum Gasteiger partial charge on any atom is 0.253 e. The molecule has 1 N–H and O–H groups in total. The summed E-state index contributed by atoms with van der Waals surface area (Å²) in [7, 11) is 6.41. The summed E-state index contributed by atoms with van der Waals surface area (Å²) in [6.07, 6.45) is 0. The van der Waals surface area contributed by atoms with Gasteiger partial charge in [-0.25, -0.2) is 0 Å². The lowest BCUT2D eigenvalue weighted by atomic mass is 10.1. The fraction of sp³-hybridized carbons (Fsp3) is 0.292. The van der Waals surface area contributed by atoms with Crippen LogP contribution < -0.4 is 29.8 Å². The predicted molar refractivity (Wildman–Crippen MR) is 121 cm³/mol. The molecular formula is C24H28N2O5. The number of hydrogen-bond acceptors (Lipinski definition) is 6. The molecule has 0 aliphatic heterocycles. The highest BCUT2D eigenvalue weighted by Gasteiger charge is 2.09. The molecule has 31 heavy (non-hydrogen) atoms. The van der Waals surface area contributed by atoms with Crippen LogP contribution >= 0.6 is 0 Å². The first-order valence-corrected chi connectivity index (χ1v) is 9.86. The van der Waals surface area contributed by atoms with Gasteiger partial charge in [0.1, 0.15) is 0 Å². The lowest BCUT2D eigenvalue weighted by molar-refractivity contribution is 0.354. The molecule has 1 heterocycles. The monoisotopic (exact) mass is 424 g/mol. The van der Waals surface area contributed by atoms with E-state index in [0.29, 0.717) is 36.1 Å². The van der Waals surface area contributed by atoms with Gasteiger partial charge in [0.05, 0.1) is 35.0 Å². The zero-order valence-electron chi connectivity index (χ0n) is 18.5. The van der Waals surface area contributed by atoms with E-state index in [0.717, 1.165) is 22.5 Å². The Hall–Kier alpha value is -3.61. The Labute approximate surface area is 182 Å². The molecular weight excluding hydrogens is 396 g/mol. The summed E-state index contributed by atoms with van der Waals surface area (Å²) in [6.45, 7) is 2.92. The van der Waals surface area contributed by atoms with E-state index in [9.17, 15) is 4.79 Å². The average molecular weight is 424 g/mol. The summed E-state index contributed by atoms with van der Waals surface area (Å²) in [4.78, 5) is 12.8. The van der Waals surface area contributed by atoms with Crippen LogP contribution in [-0.2, 0) is 13.1 Å². The summed E-state index contributed by atoms with van der Waals surface area (Å²) in [6, 6.07) is 15.0. The number of methoxy groups -OCH3 is 4. The molecule has 0 saturated carbocycles. The van der Waals surface area contributed by atoms with Gasteiger partial charge in [-0.05, 0) is 48.4 Å². The van der Waals surface area contributed by atoms with Crippen molar-refractivity contribution >= 4 is 5.69 Å². The second-order valence-electron chi connectivity index (χ2n) is 7.04. The van der Waals surface area contributed by atoms with Gasteiger partial charge in [0.25, 0.3) is 5.56 Å². The van der Waals surface area contributed by atoms with E-state index < -0.39 is 0 Å². The molecule has 0 fully saturated rings. The molecule has 0 radical (unpaired) electrons. The van der Waals surface area contributed by atoms with Crippen molar-refractivity contribution in [3.8, 4) is 23.0 Å². The number of aryl methyl sites for hydroxylation is 1. The summed E-state index contributed by atoms with van der Waals surface area (Å²) in [5.74, 6) is 2.65. The van der Waals surface area contributed by atoms with E-state index in [2.05, 4.69) is 5.32 Å². The fourth-order valence-electron chi connectivity index (χ4n) is 3.39. The van der Waals surface area contributed by atoms with Crippen LogP contribution in [0.15, 0.2) is 53.3 Å². The van der Waals surface area contributed by atoms with Crippen LogP contribution in [0.3, 0.4) is 0 Å². The number of pyridine rings is 1. The van der Waals surface area contributed by atoms with Crippen LogP contribution in [0.2, 0.25) is 0 Å². The van der Waals surface area contributed by atoms with Gasteiger partial charge in [-0.1, -0.05) is 12.1 Å². The minimum absolute atomic E-state index is 0.0791. The van der Waals surface area contributed by atoms with Gasteiger partial charge in [-0.15, -0.1) is 0 Å². The Morgan fingerprint density at radius 1 is 0.742 bits per heavy atom. The highest BCUT2D eigenvalue weighted by Crippen LogP contribution is 2.29. The van der Waals surface area contributed by atoms with Crippen molar-refractivity contribution in [3.05, 3.63) is 75.7 Å². The number of benzene rings is 2. The molecule has 2 aromatic carbocycles. The normalized spacial score (nSPS) is 10.5. The predicted octanol–water partition coefficient (Wildman–Crippen LogP) is 3.85. The Morgan fingerprint density at radius 2 is 1.29 bits per heavy atom. The van der Waals surface area contributed by atoms with Crippen molar-refractivity contribution in [2.75, 3.05) is 33.8 Å². The van der Waals surface area contributed by atoms with E-state index in [1.807, 2.05) is 49.4 Å². The van der Waals surface area contributed by atoms with Gasteiger partial charge in [-0.3, -0.25) is 4.79 Å². The quantitative estimate of drug-likeness (QED) is 0.563. The fourth-order valence-corrected chi connectivity index (χ4v) is 3.39. The highest BCUT2D eigenvalue weighted by molar-refractivity contribution is 5.47. The second kappa shape index (κ2) is 9.93. The lowest BCUT2D eigenvalue weighted by Crippen LogP contribution is -2.23. The van der Waals surface area contributed by atoms with Crippen molar-refractivity contribution in [3.63, 3.8) is 0 Å². The van der Waals surface area contributed by atoms with Crippen LogP contribution in [0.5, 0.6) is 23.0 Å². The standard InChI is InChI=1S/C24H28N2O5/c1-16-10-19(25-14-17-6-8-20(28-2)22(11-17)30-4)13-24(27)26(16)15-18-7-9-21(29-3)23(12-18)31-5/h6-13,25H,14-15H2,1-5H3. The molecule has 0 aliphatic carbocycles. The van der Waals surface area contributed by atoms with Gasteiger partial charge < -0.3 is 28.8 Å². The molecule has 0 aliphatic rings. The van der Waals surface area contributed by atoms with Crippen LogP contribution in [-0.4, -0.2) is 33.0 Å². The zero-order valence-corrected chi connectivity index (χ0v) is 18.5. The number of anilines is 1. The third-order valence-electron chi connectivity index (χ3n) is 5.07. The van der Waals surface area contributed by atoms with Crippen molar-refractivity contribution in [2.24, 2.45) is 0 Å². The van der Waals surface area contributed by atoms with Crippen molar-refractivity contribution in [1.29, 1.82) is 0 Å². The number of ether oxygens (including phenoxy) is 4. The largest absolute Gasteiger partial charge is 0.493 e. The van der Waals surface area contributed by atoms with E-state index in [4.69, 9.17) is 18.9 Å². The van der Waals surface area contributed by atoms with Gasteiger partial charge in [0.15, 0.2) is 23.0 Å². The van der Waals surface area contributed by atoms with E-state index in [1.54, 1.807) is 39.1 Å². The lowest BCUT2D eigenvalue weighted by Gasteiger charge is -2.15. The highest BCUT2D eigenvalue weighted by atomic mass is 16.5. The minimum Gasteiger partial charge on any atom is -0.493 e. The molecule has 0 saturated heterocycles. The molecule has 0 bridgehead atoms. The summed E-state index contributed by atoms with van der Waals surface area (Å²) < 4.78 is 23.0. The van der Waals surface area contributed by atoms with Crippen LogP contribution in [0, 0.1) is 6.92 Å². The first kappa shape index (κ1) is 22.1. The van der Waals surface area contributed by atoms with Gasteiger partial charge in [0.2, 0.25) is 0 Å². The molecule has 3 rings (SSSR count). The number of hydrogen-bond donors (Lipinski definition) is 1. The zero-order chi connectivity index (χ0) is 22.4. The maximum absolute atomic E-state index is 12.8. The molecule has 0 unspecified atom stereocenters. The molecule has 164 valence electrons. The molecule has 7 nitrogen and oxygen atoms in total. The second-order valence-corrected chi connectivity index (χ2v) is 7.04. The molecule has 0 amide bonds. The molecule has 0 atom stereocenters. The average Bonchev–Trinajstić information content (AvgIpc) is 2.79. The van der Waals surface area contributed by atoms with Crippen LogP contribution in [0.4, 0.5) is 5.69 Å². The first-order valence-electron chi connectivity index (χ1n) is 9.86. The van der Waals surface area contributed by atoms with Gasteiger partial charge in [-0.2, -0.15) is 0 Å². The SMILES string of the molecule is COc1ccc(CNc2cc(C)n(Cc3ccc(OC)c(OC)c3)c(=O)c2)cc1OC. The van der Waals surface area contributed by atoms with Gasteiger partial charge >= 0.3 is 0 Å². The summed E-state index contributed by atoms with van der Waals surface area (Å²) in [5.41, 5.74) is 3.52. The Balaban J connectivity index is 1.76. The molecule has 3 aromatic rings. The van der Waals surface area contributed by atoms with Crippen molar-refractivity contribution < 1.29 is 18.9 Å². The minimum atomic E-state index is -0.0791. The summed E-state index contributed by atoms with van der Waals surface area (Å²) in [5, 5.41) is 3.31. The Bertz CT molecular complexity index is 1110. The van der Waals surface area contributed by atoms with E-state index >= 15 is 0 Å². The number of nitrogens with zero attached hydrogens (tertiary/aromatic N) is 1. The van der Waals surface area contributed by atoms with Crippen molar-refractivity contribution in [2.45, 2.75) is 20.0 Å². The topological polar surface area (TPSA) is 71.0 Å². The number of nitrogens with one attached hydrogen (secondary N) is 1. The number of rotatable bonds is 9. The van der Waals surface area contributed by atoms with Gasteiger partial charge in [0, 0.05) is 24.0 Å². The number of aromatic nitrogens is 1. The van der Waals surface area contributed by atoms with Crippen molar-refractivity contribution in [1.82, 2.24) is 4.57 Å². The third-order valence-corrected chi connectivity index (χ3v) is 5.07.